The first-order chi connectivity index (χ1) is 8.81. The Labute approximate surface area is 114 Å². The van der Waals surface area contributed by atoms with Crippen molar-refractivity contribution < 1.29 is 9.47 Å². The van der Waals surface area contributed by atoms with Crippen molar-refractivity contribution in [3.05, 3.63) is 22.8 Å². The van der Waals surface area contributed by atoms with E-state index in [2.05, 4.69) is 38.8 Å². The van der Waals surface area contributed by atoms with Crippen LogP contribution in [0.25, 0.3) is 0 Å². The van der Waals surface area contributed by atoms with Gasteiger partial charge in [-0.05, 0) is 45.7 Å². The van der Waals surface area contributed by atoms with Crippen LogP contribution in [0.3, 0.4) is 0 Å². The van der Waals surface area contributed by atoms with E-state index >= 15 is 0 Å². The van der Waals surface area contributed by atoms with Gasteiger partial charge in [-0.2, -0.15) is 0 Å². The van der Waals surface area contributed by atoms with Crippen LogP contribution in [-0.4, -0.2) is 24.5 Å². The van der Waals surface area contributed by atoms with Gasteiger partial charge in [0.05, 0.1) is 12.6 Å². The highest BCUT2D eigenvalue weighted by Crippen LogP contribution is 2.46. The number of fused-ring (bicyclic) bond motifs is 3. The number of nitrogens with zero attached hydrogens (tertiary/aromatic N) is 1. The van der Waals surface area contributed by atoms with E-state index in [4.69, 9.17) is 9.47 Å². The minimum Gasteiger partial charge on any atom is -0.493 e. The molecule has 0 aliphatic carbocycles. The molecule has 3 heteroatoms. The number of aliphatic imine (C=N–C) groups is 1. The molecule has 0 fully saturated rings. The van der Waals surface area contributed by atoms with Gasteiger partial charge in [-0.25, -0.2) is 0 Å². The van der Waals surface area contributed by atoms with Crippen LogP contribution in [0.4, 0.5) is 0 Å². The third-order valence-corrected chi connectivity index (χ3v) is 3.84. The lowest BCUT2D eigenvalue weighted by molar-refractivity contribution is 0.134. The van der Waals surface area contributed by atoms with Crippen LogP contribution in [-0.2, 0) is 12.8 Å². The van der Waals surface area contributed by atoms with Crippen molar-refractivity contribution in [2.24, 2.45) is 4.99 Å². The summed E-state index contributed by atoms with van der Waals surface area (Å²) in [5.74, 6) is 1.75. The molecule has 0 aromatic heterocycles. The monoisotopic (exact) mass is 259 g/mol. The number of methoxy groups -OCH3 is 1. The molecule has 2 aliphatic heterocycles. The number of hydrogen-bond donors (Lipinski definition) is 0. The predicted molar refractivity (Wildman–Crippen MR) is 76.8 cm³/mol. The Morgan fingerprint density at radius 2 is 1.95 bits per heavy atom. The highest BCUT2D eigenvalue weighted by molar-refractivity contribution is 5.88. The van der Waals surface area contributed by atoms with Gasteiger partial charge in [0.1, 0.15) is 5.60 Å². The van der Waals surface area contributed by atoms with E-state index < -0.39 is 0 Å². The van der Waals surface area contributed by atoms with Crippen LogP contribution in [0.15, 0.2) is 11.1 Å². The standard InChI is InChI=1S/C16H21NO2/c1-15(2)7-10-6-13(18-5)14-11(12(10)9-17-15)8-16(3,4)19-14/h6,9H,7-8H2,1-5H3. The van der Waals surface area contributed by atoms with Crippen molar-refractivity contribution in [3.8, 4) is 11.5 Å². The molecule has 0 saturated carbocycles. The van der Waals surface area contributed by atoms with Gasteiger partial charge in [0, 0.05) is 23.8 Å². The summed E-state index contributed by atoms with van der Waals surface area (Å²) in [6.07, 6.45) is 3.87. The normalized spacial score (nSPS) is 21.5. The maximum atomic E-state index is 6.05. The molecule has 19 heavy (non-hydrogen) atoms. The minimum atomic E-state index is -0.161. The zero-order chi connectivity index (χ0) is 13.8. The molecule has 0 N–H and O–H groups in total. The summed E-state index contributed by atoms with van der Waals surface area (Å²) < 4.78 is 11.6. The zero-order valence-electron chi connectivity index (χ0n) is 12.3. The third-order valence-electron chi connectivity index (χ3n) is 3.84. The molecule has 0 unspecified atom stereocenters. The van der Waals surface area contributed by atoms with Crippen LogP contribution >= 0.6 is 0 Å². The molecule has 0 bridgehead atoms. The van der Waals surface area contributed by atoms with Crippen LogP contribution in [0, 0.1) is 0 Å². The number of ether oxygens (including phenoxy) is 2. The average molecular weight is 259 g/mol. The van der Waals surface area contributed by atoms with Crippen LogP contribution in [0.5, 0.6) is 11.5 Å². The van der Waals surface area contributed by atoms with E-state index in [9.17, 15) is 0 Å². The Kier molecular flexibility index (Phi) is 2.47. The van der Waals surface area contributed by atoms with E-state index in [0.717, 1.165) is 24.3 Å². The van der Waals surface area contributed by atoms with Gasteiger partial charge in [0.2, 0.25) is 0 Å². The topological polar surface area (TPSA) is 30.8 Å². The van der Waals surface area contributed by atoms with Gasteiger partial charge in [-0.3, -0.25) is 4.99 Å². The van der Waals surface area contributed by atoms with E-state index in [1.54, 1.807) is 7.11 Å². The lowest BCUT2D eigenvalue weighted by atomic mass is 9.86. The van der Waals surface area contributed by atoms with Gasteiger partial charge in [0.15, 0.2) is 11.5 Å². The first kappa shape index (κ1) is 12.5. The minimum absolute atomic E-state index is 0.0266. The van der Waals surface area contributed by atoms with Crippen molar-refractivity contribution in [3.63, 3.8) is 0 Å². The lowest BCUT2D eigenvalue weighted by Gasteiger charge is -2.26. The van der Waals surface area contributed by atoms with Crippen molar-refractivity contribution in [1.29, 1.82) is 0 Å². The molecule has 1 aromatic rings. The second kappa shape index (κ2) is 3.75. The maximum absolute atomic E-state index is 6.05. The Bertz CT molecular complexity index is 571. The highest BCUT2D eigenvalue weighted by atomic mass is 16.5. The van der Waals surface area contributed by atoms with Crippen molar-refractivity contribution in [2.45, 2.75) is 51.7 Å². The van der Waals surface area contributed by atoms with Crippen molar-refractivity contribution in [1.82, 2.24) is 0 Å². The summed E-state index contributed by atoms with van der Waals surface area (Å²) in [5, 5.41) is 0. The summed E-state index contributed by atoms with van der Waals surface area (Å²) in [5.41, 5.74) is 3.61. The third kappa shape index (κ3) is 2.01. The van der Waals surface area contributed by atoms with Gasteiger partial charge in [-0.15, -0.1) is 0 Å². The molecule has 2 aliphatic rings. The van der Waals surface area contributed by atoms with Crippen LogP contribution < -0.4 is 9.47 Å². The van der Waals surface area contributed by atoms with Crippen LogP contribution in [0.2, 0.25) is 0 Å². The molecule has 2 heterocycles. The van der Waals surface area contributed by atoms with Crippen molar-refractivity contribution >= 4 is 6.21 Å². The first-order valence-electron chi connectivity index (χ1n) is 6.78. The smallest absolute Gasteiger partial charge is 0.165 e. The summed E-state index contributed by atoms with van der Waals surface area (Å²) >= 11 is 0. The van der Waals surface area contributed by atoms with Gasteiger partial charge >= 0.3 is 0 Å². The molecule has 0 saturated heterocycles. The molecule has 1 aromatic carbocycles. The molecule has 0 radical (unpaired) electrons. The fourth-order valence-electron chi connectivity index (χ4n) is 3.00. The summed E-state index contributed by atoms with van der Waals surface area (Å²) in [6.45, 7) is 8.55. The van der Waals surface area contributed by atoms with E-state index in [1.165, 1.54) is 16.7 Å². The highest BCUT2D eigenvalue weighted by Gasteiger charge is 2.37. The van der Waals surface area contributed by atoms with E-state index in [-0.39, 0.29) is 11.1 Å². The van der Waals surface area contributed by atoms with E-state index in [1.807, 2.05) is 6.21 Å². The molecular formula is C16H21NO2. The second-order valence-electron chi connectivity index (χ2n) is 6.75. The molecule has 0 atom stereocenters. The van der Waals surface area contributed by atoms with Crippen LogP contribution in [0.1, 0.15) is 44.4 Å². The zero-order valence-corrected chi connectivity index (χ0v) is 12.3. The molecule has 0 spiro atoms. The van der Waals surface area contributed by atoms with Crippen molar-refractivity contribution in [2.75, 3.05) is 7.11 Å². The molecule has 3 rings (SSSR count). The summed E-state index contributed by atoms with van der Waals surface area (Å²) in [7, 11) is 1.71. The molecule has 3 nitrogen and oxygen atoms in total. The maximum Gasteiger partial charge on any atom is 0.165 e. The van der Waals surface area contributed by atoms with Gasteiger partial charge in [-0.1, -0.05) is 0 Å². The lowest BCUT2D eigenvalue weighted by Crippen LogP contribution is -2.26. The second-order valence-corrected chi connectivity index (χ2v) is 6.75. The molecular weight excluding hydrogens is 238 g/mol. The Morgan fingerprint density at radius 3 is 2.63 bits per heavy atom. The average Bonchev–Trinajstić information content (AvgIpc) is 2.61. The fraction of sp³-hybridized carbons (Fsp3) is 0.562. The summed E-state index contributed by atoms with van der Waals surface area (Å²) in [4.78, 5) is 4.66. The summed E-state index contributed by atoms with van der Waals surface area (Å²) in [6, 6.07) is 2.11. The Balaban J connectivity index is 2.18. The van der Waals surface area contributed by atoms with Gasteiger partial charge < -0.3 is 9.47 Å². The van der Waals surface area contributed by atoms with Gasteiger partial charge in [0.25, 0.3) is 0 Å². The Morgan fingerprint density at radius 1 is 1.21 bits per heavy atom. The number of benzene rings is 1. The first-order valence-corrected chi connectivity index (χ1v) is 6.78. The quantitative estimate of drug-likeness (QED) is 0.775. The van der Waals surface area contributed by atoms with E-state index in [0.29, 0.717) is 0 Å². The number of hydrogen-bond acceptors (Lipinski definition) is 3. The number of rotatable bonds is 1. The fourth-order valence-corrected chi connectivity index (χ4v) is 3.00. The molecule has 102 valence electrons. The Hall–Kier alpha value is -1.51. The predicted octanol–water partition coefficient (Wildman–Crippen LogP) is 3.16. The largest absolute Gasteiger partial charge is 0.493 e. The SMILES string of the molecule is COc1cc2c(c3c1OC(C)(C)C3)C=NC(C)(C)C2. The molecule has 0 amide bonds.